The van der Waals surface area contributed by atoms with Gasteiger partial charge in [0.05, 0.1) is 0 Å². The van der Waals surface area contributed by atoms with Crippen LogP contribution < -0.4 is 0 Å². The van der Waals surface area contributed by atoms with E-state index in [2.05, 4.69) is 159 Å². The Morgan fingerprint density at radius 3 is 0.938 bits per heavy atom. The fourth-order valence-electron chi connectivity index (χ4n) is 9.47. The van der Waals surface area contributed by atoms with E-state index in [1.807, 2.05) is 0 Å². The first-order chi connectivity index (χ1) is 31.6. The second-order valence-electron chi connectivity index (χ2n) is 18.6. The summed E-state index contributed by atoms with van der Waals surface area (Å²) in [6, 6.07) is 53.0. The minimum atomic E-state index is 0.228. The lowest BCUT2D eigenvalue weighted by Crippen LogP contribution is -2.07. The zero-order chi connectivity index (χ0) is 44.4. The normalized spacial score (nSPS) is 11.3. The maximum absolute atomic E-state index is 13.9. The molecule has 0 atom stereocenters. The highest BCUT2D eigenvalue weighted by Crippen LogP contribution is 2.36. The van der Waals surface area contributed by atoms with Crippen LogP contribution in [0.15, 0.2) is 146 Å². The first kappa shape index (κ1) is 48.4. The molecule has 6 rings (SSSR count). The molecule has 0 bridgehead atoms. The van der Waals surface area contributed by atoms with Crippen molar-refractivity contribution in [3.05, 3.63) is 168 Å². The first-order valence-corrected chi connectivity index (χ1v) is 25.7. The van der Waals surface area contributed by atoms with Crippen LogP contribution in [0, 0.1) is 0 Å². The molecule has 1 heteroatoms. The first-order valence-electron chi connectivity index (χ1n) is 25.7. The Morgan fingerprint density at radius 2 is 0.594 bits per heavy atom. The van der Waals surface area contributed by atoms with Crippen molar-refractivity contribution in [2.45, 2.75) is 168 Å². The number of Topliss-reactive ketones (excluding diaryl/α,β-unsaturated/α-hetero) is 1. The Balaban J connectivity index is 1.06. The smallest absolute Gasteiger partial charge is 0.141 e. The van der Waals surface area contributed by atoms with E-state index in [9.17, 15) is 4.79 Å². The third-order valence-electron chi connectivity index (χ3n) is 13.3. The fourth-order valence-corrected chi connectivity index (χ4v) is 9.47. The van der Waals surface area contributed by atoms with Gasteiger partial charge in [-0.2, -0.15) is 0 Å². The van der Waals surface area contributed by atoms with Crippen molar-refractivity contribution >= 4 is 5.78 Å². The monoisotopic (exact) mass is 851 g/mol. The topological polar surface area (TPSA) is 17.1 Å². The van der Waals surface area contributed by atoms with Crippen molar-refractivity contribution in [2.75, 3.05) is 0 Å². The molecule has 0 radical (unpaired) electrons. The van der Waals surface area contributed by atoms with Crippen LogP contribution in [0.3, 0.4) is 0 Å². The third kappa shape index (κ3) is 16.2. The number of ketones is 1. The largest absolute Gasteiger partial charge is 0.299 e. The molecule has 0 saturated heterocycles. The van der Waals surface area contributed by atoms with Gasteiger partial charge >= 0.3 is 0 Å². The fraction of sp³-hybridized carbons (Fsp3) is 0.413. The van der Waals surface area contributed by atoms with E-state index in [4.69, 9.17) is 0 Å². The summed E-state index contributed by atoms with van der Waals surface area (Å²) in [6.45, 7) is 4.58. The van der Waals surface area contributed by atoms with Crippen LogP contribution >= 0.6 is 0 Å². The van der Waals surface area contributed by atoms with Gasteiger partial charge in [0, 0.05) is 12.8 Å². The van der Waals surface area contributed by atoms with E-state index < -0.39 is 0 Å². The van der Waals surface area contributed by atoms with Crippen LogP contribution in [0.1, 0.15) is 165 Å². The minimum absolute atomic E-state index is 0.228. The van der Waals surface area contributed by atoms with E-state index >= 15 is 0 Å². The van der Waals surface area contributed by atoms with Crippen LogP contribution in [0.4, 0.5) is 0 Å². The molecule has 0 aliphatic rings. The van der Waals surface area contributed by atoms with Gasteiger partial charge in [-0.3, -0.25) is 4.79 Å². The van der Waals surface area contributed by atoms with Gasteiger partial charge in [0.25, 0.3) is 0 Å². The summed E-state index contributed by atoms with van der Waals surface area (Å²) in [5.74, 6) is 0.228. The number of unbranched alkanes of at least 4 members (excludes halogenated alkanes) is 18. The highest BCUT2D eigenvalue weighted by atomic mass is 16.1. The number of rotatable bonds is 30. The number of carbonyl (C=O) groups is 1. The molecule has 0 heterocycles. The van der Waals surface area contributed by atoms with Gasteiger partial charge in [0.1, 0.15) is 5.78 Å². The summed E-state index contributed by atoms with van der Waals surface area (Å²) < 4.78 is 0. The summed E-state index contributed by atoms with van der Waals surface area (Å²) >= 11 is 0. The molecule has 0 amide bonds. The van der Waals surface area contributed by atoms with Gasteiger partial charge in [0.2, 0.25) is 0 Å². The molecule has 6 aromatic rings. The Kier molecular flexibility index (Phi) is 21.2. The van der Waals surface area contributed by atoms with Crippen molar-refractivity contribution < 1.29 is 4.79 Å². The maximum Gasteiger partial charge on any atom is 0.141 e. The Hall–Kier alpha value is -5.01. The van der Waals surface area contributed by atoms with Crippen LogP contribution in [-0.4, -0.2) is 5.78 Å². The average Bonchev–Trinajstić information content (AvgIpc) is 3.33. The molecular weight excluding hydrogens is 773 g/mol. The minimum Gasteiger partial charge on any atom is -0.299 e. The second-order valence-corrected chi connectivity index (χ2v) is 18.6. The lowest BCUT2D eigenvalue weighted by molar-refractivity contribution is -0.117. The Labute approximate surface area is 389 Å². The maximum atomic E-state index is 13.9. The number of carbonyl (C=O) groups excluding carboxylic acids is 1. The summed E-state index contributed by atoms with van der Waals surface area (Å²) in [5, 5.41) is 0. The van der Waals surface area contributed by atoms with Gasteiger partial charge in [-0.25, -0.2) is 0 Å². The molecule has 336 valence electrons. The van der Waals surface area contributed by atoms with Crippen LogP contribution in [0.2, 0.25) is 0 Å². The molecule has 0 aliphatic carbocycles. The quantitative estimate of drug-likeness (QED) is 0.0413. The third-order valence-corrected chi connectivity index (χ3v) is 13.3. The summed E-state index contributed by atoms with van der Waals surface area (Å²) in [6.07, 6.45) is 30.4. The molecular formula is C63H78O. The molecule has 0 aliphatic heterocycles. The summed E-state index contributed by atoms with van der Waals surface area (Å²) in [4.78, 5) is 13.9. The predicted octanol–water partition coefficient (Wildman–Crippen LogP) is 18.6. The van der Waals surface area contributed by atoms with E-state index in [0.29, 0.717) is 12.8 Å². The number of hydrogen-bond acceptors (Lipinski definition) is 1. The van der Waals surface area contributed by atoms with Gasteiger partial charge < -0.3 is 0 Å². The van der Waals surface area contributed by atoms with Gasteiger partial charge in [-0.15, -0.1) is 0 Å². The van der Waals surface area contributed by atoms with E-state index in [-0.39, 0.29) is 5.78 Å². The van der Waals surface area contributed by atoms with Crippen LogP contribution in [-0.2, 0) is 30.5 Å². The lowest BCUT2D eigenvalue weighted by Gasteiger charge is -2.15. The molecule has 0 aromatic heterocycles. The van der Waals surface area contributed by atoms with Crippen molar-refractivity contribution in [1.29, 1.82) is 0 Å². The predicted molar refractivity (Wildman–Crippen MR) is 278 cm³/mol. The number of aryl methyl sites for hydroxylation is 2. The molecule has 0 fully saturated rings. The van der Waals surface area contributed by atoms with Crippen LogP contribution in [0.25, 0.3) is 44.5 Å². The molecule has 0 unspecified atom stereocenters. The van der Waals surface area contributed by atoms with Crippen molar-refractivity contribution in [3.8, 4) is 44.5 Å². The van der Waals surface area contributed by atoms with Crippen molar-refractivity contribution in [1.82, 2.24) is 0 Å². The zero-order valence-corrected chi connectivity index (χ0v) is 39.7. The summed E-state index contributed by atoms with van der Waals surface area (Å²) in [7, 11) is 0. The lowest BCUT2D eigenvalue weighted by atomic mass is 9.89. The summed E-state index contributed by atoms with van der Waals surface area (Å²) in [5.41, 5.74) is 14.5. The van der Waals surface area contributed by atoms with Gasteiger partial charge in [-0.05, 0) is 92.4 Å². The van der Waals surface area contributed by atoms with Crippen molar-refractivity contribution in [3.63, 3.8) is 0 Å². The molecule has 6 aromatic carbocycles. The molecule has 0 N–H and O–H groups in total. The van der Waals surface area contributed by atoms with E-state index in [1.54, 1.807) is 0 Å². The molecule has 1 nitrogen and oxygen atoms in total. The van der Waals surface area contributed by atoms with E-state index in [1.165, 1.54) is 184 Å². The Morgan fingerprint density at radius 1 is 0.297 bits per heavy atom. The average molecular weight is 851 g/mol. The standard InChI is InChI=1S/C63H78O/c1-3-5-7-9-11-13-15-17-19-23-29-51-35-41-57(42-36-51)60-45-39-53(49-62(60)55-31-25-21-26-32-55)47-59(64)48-54-40-46-61(63(50-54)56-33-27-22-28-34-56)58-43-37-52(38-44-58)30-24-20-18-16-14-12-10-8-6-4-2/h21-22,25-28,31-46,49-50H,3-20,23-24,29-30,47-48H2,1-2H3. The molecule has 64 heavy (non-hydrogen) atoms. The zero-order valence-electron chi connectivity index (χ0n) is 39.7. The highest BCUT2D eigenvalue weighted by molar-refractivity contribution is 5.89. The van der Waals surface area contributed by atoms with E-state index in [0.717, 1.165) is 24.0 Å². The molecule has 0 spiro atoms. The number of benzene rings is 6. The number of hydrogen-bond donors (Lipinski definition) is 0. The molecule has 0 saturated carbocycles. The van der Waals surface area contributed by atoms with Gasteiger partial charge in [-0.1, -0.05) is 275 Å². The highest BCUT2D eigenvalue weighted by Gasteiger charge is 2.15. The Bertz CT molecular complexity index is 2040. The van der Waals surface area contributed by atoms with Gasteiger partial charge in [0.15, 0.2) is 0 Å². The second kappa shape index (κ2) is 28.0. The van der Waals surface area contributed by atoms with Crippen molar-refractivity contribution in [2.24, 2.45) is 0 Å². The SMILES string of the molecule is CCCCCCCCCCCCc1ccc(-c2ccc(CC(=O)Cc3ccc(-c4ccc(CCCCCCCCCCCC)cc4)c(-c4ccccc4)c3)cc2-c2ccccc2)cc1. The van der Waals surface area contributed by atoms with Crippen LogP contribution in [0.5, 0.6) is 0 Å².